The summed E-state index contributed by atoms with van der Waals surface area (Å²) in [7, 11) is -3.34. The quantitative estimate of drug-likeness (QED) is 0.855. The van der Waals surface area contributed by atoms with Crippen LogP contribution in [0.25, 0.3) is 0 Å². The molecule has 0 saturated carbocycles. The third-order valence-electron chi connectivity index (χ3n) is 2.62. The van der Waals surface area contributed by atoms with Crippen LogP contribution in [0.3, 0.4) is 0 Å². The molecule has 1 aromatic rings. The molecule has 0 aliphatic heterocycles. The van der Waals surface area contributed by atoms with Gasteiger partial charge < -0.3 is 5.11 Å². The first kappa shape index (κ1) is 14.7. The summed E-state index contributed by atoms with van der Waals surface area (Å²) >= 11 is 0. The number of carbonyl (C=O) groups is 1. The average molecular weight is 271 g/mol. The first-order chi connectivity index (χ1) is 8.24. The van der Waals surface area contributed by atoms with Gasteiger partial charge in [-0.3, -0.25) is 0 Å². The molecule has 1 aromatic carbocycles. The molecule has 0 radical (unpaired) electrons. The predicted molar refractivity (Wildman–Crippen MR) is 69.0 cm³/mol. The Labute approximate surface area is 107 Å². The zero-order valence-electron chi connectivity index (χ0n) is 10.5. The maximum atomic E-state index is 11.7. The molecule has 1 unspecified atom stereocenters. The molecule has 1 rings (SSSR count). The Morgan fingerprint density at radius 2 is 1.67 bits per heavy atom. The zero-order valence-corrected chi connectivity index (χ0v) is 11.4. The van der Waals surface area contributed by atoms with Gasteiger partial charge in [-0.1, -0.05) is 12.1 Å². The molecule has 0 fully saturated rings. The number of hydrogen-bond acceptors (Lipinski definition) is 3. The largest absolute Gasteiger partial charge is 0.478 e. The number of hydrogen-bond donors (Lipinski definition) is 2. The molecule has 0 heterocycles. The number of sulfonamides is 1. The van der Waals surface area contributed by atoms with Gasteiger partial charge in [-0.25, -0.2) is 17.9 Å². The minimum Gasteiger partial charge on any atom is -0.478 e. The van der Waals surface area contributed by atoms with Crippen molar-refractivity contribution in [3.63, 3.8) is 0 Å². The molecule has 1 atom stereocenters. The summed E-state index contributed by atoms with van der Waals surface area (Å²) in [5.41, 5.74) is 0.905. The van der Waals surface area contributed by atoms with Crippen molar-refractivity contribution in [2.24, 2.45) is 0 Å². The number of rotatable bonds is 5. The number of carboxylic acids is 1. The van der Waals surface area contributed by atoms with E-state index < -0.39 is 21.2 Å². The van der Waals surface area contributed by atoms with Crippen LogP contribution in [0.1, 0.15) is 42.7 Å². The Morgan fingerprint density at radius 3 is 2.06 bits per heavy atom. The van der Waals surface area contributed by atoms with E-state index in [0.29, 0.717) is 0 Å². The van der Waals surface area contributed by atoms with E-state index in [1.807, 2.05) is 0 Å². The van der Waals surface area contributed by atoms with E-state index >= 15 is 0 Å². The van der Waals surface area contributed by atoms with E-state index in [-0.39, 0.29) is 11.6 Å². The van der Waals surface area contributed by atoms with Crippen molar-refractivity contribution < 1.29 is 18.3 Å². The first-order valence-electron chi connectivity index (χ1n) is 5.58. The van der Waals surface area contributed by atoms with Crippen LogP contribution in [0.5, 0.6) is 0 Å². The highest BCUT2D eigenvalue weighted by molar-refractivity contribution is 7.90. The molecule has 0 amide bonds. The van der Waals surface area contributed by atoms with Gasteiger partial charge in [-0.2, -0.15) is 0 Å². The molecule has 5 nitrogen and oxygen atoms in total. The number of nitrogens with one attached hydrogen (secondary N) is 1. The fourth-order valence-corrected chi connectivity index (χ4v) is 2.27. The third-order valence-corrected chi connectivity index (χ3v) is 4.54. The molecule has 0 aliphatic rings. The van der Waals surface area contributed by atoms with Gasteiger partial charge in [0.15, 0.2) is 0 Å². The van der Waals surface area contributed by atoms with E-state index in [0.717, 1.165) is 5.56 Å². The molecule has 0 aromatic heterocycles. The summed E-state index contributed by atoms with van der Waals surface area (Å²) in [6.45, 7) is 4.92. The van der Waals surface area contributed by atoms with Gasteiger partial charge in [0.25, 0.3) is 0 Å². The van der Waals surface area contributed by atoms with Gasteiger partial charge in [-0.15, -0.1) is 0 Å². The first-order valence-corrected chi connectivity index (χ1v) is 7.13. The second-order valence-electron chi connectivity index (χ2n) is 4.36. The summed E-state index contributed by atoms with van der Waals surface area (Å²) in [5, 5.41) is 8.26. The second kappa shape index (κ2) is 5.49. The van der Waals surface area contributed by atoms with Crippen molar-refractivity contribution in [3.05, 3.63) is 35.4 Å². The topological polar surface area (TPSA) is 83.5 Å². The highest BCUT2D eigenvalue weighted by Crippen LogP contribution is 2.15. The maximum absolute atomic E-state index is 11.7. The van der Waals surface area contributed by atoms with Gasteiger partial charge in [0.05, 0.1) is 10.8 Å². The minimum atomic E-state index is -3.34. The smallest absolute Gasteiger partial charge is 0.335 e. The summed E-state index contributed by atoms with van der Waals surface area (Å²) < 4.78 is 25.9. The predicted octanol–water partition coefficient (Wildman–Crippen LogP) is 1.77. The standard InChI is InChI=1S/C12H17NO4S/c1-8(2)18(16,17)13-9(3)10-4-6-11(7-5-10)12(14)15/h4-9,13H,1-3H3,(H,14,15). The normalized spacial score (nSPS) is 13.6. The third kappa shape index (κ3) is 3.54. The number of benzene rings is 1. The lowest BCUT2D eigenvalue weighted by Gasteiger charge is -2.16. The molecule has 100 valence electrons. The average Bonchev–Trinajstić information content (AvgIpc) is 2.28. The molecular formula is C12H17NO4S. The highest BCUT2D eigenvalue weighted by atomic mass is 32.2. The molecule has 0 bridgehead atoms. The number of carboxylic acid groups (broad SMARTS) is 1. The van der Waals surface area contributed by atoms with E-state index in [1.54, 1.807) is 32.9 Å². The maximum Gasteiger partial charge on any atom is 0.335 e. The van der Waals surface area contributed by atoms with Crippen LogP contribution in [0.2, 0.25) is 0 Å². The Bertz CT molecular complexity index is 520. The minimum absolute atomic E-state index is 0.178. The van der Waals surface area contributed by atoms with Gasteiger partial charge in [0.2, 0.25) is 10.0 Å². The van der Waals surface area contributed by atoms with E-state index in [4.69, 9.17) is 5.11 Å². The fourth-order valence-electron chi connectivity index (χ4n) is 1.36. The summed E-state index contributed by atoms with van der Waals surface area (Å²) in [4.78, 5) is 10.7. The van der Waals surface area contributed by atoms with E-state index in [1.165, 1.54) is 12.1 Å². The molecule has 0 spiro atoms. The van der Waals surface area contributed by atoms with Gasteiger partial charge in [0.1, 0.15) is 0 Å². The van der Waals surface area contributed by atoms with Crippen molar-refractivity contribution in [3.8, 4) is 0 Å². The Hall–Kier alpha value is -1.40. The lowest BCUT2D eigenvalue weighted by atomic mass is 10.1. The second-order valence-corrected chi connectivity index (χ2v) is 6.63. The van der Waals surface area contributed by atoms with Crippen LogP contribution in [0.15, 0.2) is 24.3 Å². The Balaban J connectivity index is 2.85. The van der Waals surface area contributed by atoms with E-state index in [2.05, 4.69) is 4.72 Å². The summed E-state index contributed by atoms with van der Waals surface area (Å²) in [6, 6.07) is 5.74. The van der Waals surface area contributed by atoms with Crippen molar-refractivity contribution in [1.82, 2.24) is 4.72 Å². The Morgan fingerprint density at radius 1 is 1.17 bits per heavy atom. The zero-order chi connectivity index (χ0) is 13.9. The monoisotopic (exact) mass is 271 g/mol. The van der Waals surface area contributed by atoms with Crippen LogP contribution in [0.4, 0.5) is 0 Å². The van der Waals surface area contributed by atoms with Crippen molar-refractivity contribution in [2.75, 3.05) is 0 Å². The summed E-state index contributed by atoms with van der Waals surface area (Å²) in [6.07, 6.45) is 0. The SMILES string of the molecule is CC(NS(=O)(=O)C(C)C)c1ccc(C(=O)O)cc1. The fraction of sp³-hybridized carbons (Fsp3) is 0.417. The van der Waals surface area contributed by atoms with Crippen LogP contribution in [0, 0.1) is 0 Å². The molecule has 18 heavy (non-hydrogen) atoms. The lowest BCUT2D eigenvalue weighted by molar-refractivity contribution is 0.0697. The summed E-state index contributed by atoms with van der Waals surface area (Å²) in [5.74, 6) is -1.00. The van der Waals surface area contributed by atoms with Crippen LogP contribution in [-0.2, 0) is 10.0 Å². The molecule has 2 N–H and O–H groups in total. The van der Waals surface area contributed by atoms with Crippen molar-refractivity contribution in [1.29, 1.82) is 0 Å². The van der Waals surface area contributed by atoms with Gasteiger partial charge in [0, 0.05) is 6.04 Å². The van der Waals surface area contributed by atoms with Crippen LogP contribution >= 0.6 is 0 Å². The molecule has 0 saturated heterocycles. The van der Waals surface area contributed by atoms with Crippen LogP contribution in [-0.4, -0.2) is 24.7 Å². The molecular weight excluding hydrogens is 254 g/mol. The van der Waals surface area contributed by atoms with Crippen molar-refractivity contribution in [2.45, 2.75) is 32.1 Å². The van der Waals surface area contributed by atoms with Crippen LogP contribution < -0.4 is 4.72 Å². The Kier molecular flexibility index (Phi) is 4.48. The number of aromatic carboxylic acids is 1. The van der Waals surface area contributed by atoms with E-state index in [9.17, 15) is 13.2 Å². The lowest BCUT2D eigenvalue weighted by Crippen LogP contribution is -2.32. The van der Waals surface area contributed by atoms with Gasteiger partial charge >= 0.3 is 5.97 Å². The van der Waals surface area contributed by atoms with Crippen molar-refractivity contribution >= 4 is 16.0 Å². The molecule has 0 aliphatic carbocycles. The van der Waals surface area contributed by atoms with Gasteiger partial charge in [-0.05, 0) is 38.5 Å². The molecule has 6 heteroatoms. The highest BCUT2D eigenvalue weighted by Gasteiger charge is 2.19.